The summed E-state index contributed by atoms with van der Waals surface area (Å²) in [4.78, 5) is 23.2. The lowest BCUT2D eigenvalue weighted by Crippen LogP contribution is -2.40. The van der Waals surface area contributed by atoms with Crippen molar-refractivity contribution in [2.24, 2.45) is 4.99 Å². The van der Waals surface area contributed by atoms with Gasteiger partial charge in [-0.05, 0) is 79.9 Å². The van der Waals surface area contributed by atoms with Gasteiger partial charge >= 0.3 is 0 Å². The van der Waals surface area contributed by atoms with E-state index in [0.29, 0.717) is 49.0 Å². The summed E-state index contributed by atoms with van der Waals surface area (Å²) in [6.45, 7) is 8.19. The second-order valence-corrected chi connectivity index (χ2v) is 9.25. The Morgan fingerprint density at radius 1 is 1.24 bits per heavy atom. The van der Waals surface area contributed by atoms with E-state index in [2.05, 4.69) is 22.8 Å². The molecule has 7 heteroatoms. The maximum Gasteiger partial charge on any atom is 0.253 e. The van der Waals surface area contributed by atoms with Gasteiger partial charge in [0.2, 0.25) is 0 Å². The number of ether oxygens (including phenoxy) is 1. The van der Waals surface area contributed by atoms with Crippen LogP contribution >= 0.6 is 11.6 Å². The number of allylic oxidation sites excluding steroid dienone is 3. The number of halogens is 1. The largest absolute Gasteiger partial charge is 0.393 e. The van der Waals surface area contributed by atoms with Crippen molar-refractivity contribution in [2.45, 2.75) is 38.2 Å². The van der Waals surface area contributed by atoms with Gasteiger partial charge < -0.3 is 14.7 Å². The van der Waals surface area contributed by atoms with Crippen molar-refractivity contribution in [3.05, 3.63) is 76.2 Å². The molecule has 34 heavy (non-hydrogen) atoms. The monoisotopic (exact) mass is 479 g/mol. The van der Waals surface area contributed by atoms with Crippen LogP contribution in [-0.4, -0.2) is 60.0 Å². The number of benzene rings is 1. The van der Waals surface area contributed by atoms with Crippen LogP contribution in [0.1, 0.15) is 59.3 Å². The first-order valence-electron chi connectivity index (χ1n) is 11.6. The van der Waals surface area contributed by atoms with Gasteiger partial charge in [-0.1, -0.05) is 17.7 Å². The Hall–Kier alpha value is -2.80. The molecule has 1 N–H and O–H groups in total. The molecule has 3 heterocycles. The Morgan fingerprint density at radius 2 is 2.03 bits per heavy atom. The van der Waals surface area contributed by atoms with Crippen molar-refractivity contribution in [3.63, 3.8) is 0 Å². The lowest BCUT2D eigenvalue weighted by atomic mass is 9.97. The van der Waals surface area contributed by atoms with E-state index in [9.17, 15) is 9.90 Å². The molecular formula is C27H30ClN3O3. The zero-order chi connectivity index (χ0) is 24.1. The van der Waals surface area contributed by atoms with Gasteiger partial charge in [0.1, 0.15) is 0 Å². The summed E-state index contributed by atoms with van der Waals surface area (Å²) in [5, 5.41) is 10.2. The summed E-state index contributed by atoms with van der Waals surface area (Å²) in [7, 11) is 0. The third-order valence-electron chi connectivity index (χ3n) is 6.46. The number of hydrogen-bond donors (Lipinski definition) is 1. The SMILES string of the molecule is C=N/C=C(\C=C(/C)c1ccc(C(=O)N2CCC(O)CC2)cc1Cl)c1ccnc(C2CCOC2)c1. The molecule has 2 aliphatic heterocycles. The molecule has 0 bridgehead atoms. The van der Waals surface area contributed by atoms with Crippen molar-refractivity contribution in [1.82, 2.24) is 9.88 Å². The van der Waals surface area contributed by atoms with Crippen LogP contribution in [0, 0.1) is 0 Å². The number of aliphatic imine (C=N–C) groups is 1. The minimum Gasteiger partial charge on any atom is -0.393 e. The number of aromatic nitrogens is 1. The molecule has 2 saturated heterocycles. The number of aliphatic hydroxyl groups is 1. The number of rotatable bonds is 6. The van der Waals surface area contributed by atoms with E-state index in [4.69, 9.17) is 16.3 Å². The number of likely N-dealkylation sites (tertiary alicyclic amines) is 1. The van der Waals surface area contributed by atoms with Gasteiger partial charge in [0.15, 0.2) is 0 Å². The second-order valence-electron chi connectivity index (χ2n) is 8.84. The number of aliphatic hydroxyl groups excluding tert-OH is 1. The summed E-state index contributed by atoms with van der Waals surface area (Å²) in [5.41, 5.74) is 5.27. The topological polar surface area (TPSA) is 75.0 Å². The summed E-state index contributed by atoms with van der Waals surface area (Å²) < 4.78 is 5.52. The average Bonchev–Trinajstić information content (AvgIpc) is 3.39. The zero-order valence-corrected chi connectivity index (χ0v) is 20.2. The van der Waals surface area contributed by atoms with Gasteiger partial charge in [0.25, 0.3) is 5.91 Å². The molecule has 1 aromatic heterocycles. The zero-order valence-electron chi connectivity index (χ0n) is 19.4. The maximum atomic E-state index is 12.9. The highest BCUT2D eigenvalue weighted by atomic mass is 35.5. The molecule has 6 nitrogen and oxygen atoms in total. The second kappa shape index (κ2) is 11.1. The molecule has 178 valence electrons. The first-order valence-corrected chi connectivity index (χ1v) is 12.0. The quantitative estimate of drug-likeness (QED) is 0.468. The van der Waals surface area contributed by atoms with Crippen molar-refractivity contribution >= 4 is 35.4 Å². The van der Waals surface area contributed by atoms with E-state index in [1.165, 1.54) is 0 Å². The fourth-order valence-corrected chi connectivity index (χ4v) is 4.77. The number of carbonyl (C=O) groups is 1. The van der Waals surface area contributed by atoms with Crippen molar-refractivity contribution < 1.29 is 14.6 Å². The first-order chi connectivity index (χ1) is 16.5. The molecule has 0 spiro atoms. The molecular weight excluding hydrogens is 450 g/mol. The van der Waals surface area contributed by atoms with Crippen LogP contribution in [-0.2, 0) is 4.74 Å². The molecule has 2 aliphatic rings. The molecule has 2 aromatic rings. The van der Waals surface area contributed by atoms with Gasteiger partial charge in [-0.15, -0.1) is 0 Å². The molecule has 0 aliphatic carbocycles. The Balaban J connectivity index is 1.56. The smallest absolute Gasteiger partial charge is 0.253 e. The first kappa shape index (κ1) is 24.3. The van der Waals surface area contributed by atoms with E-state index in [0.717, 1.165) is 41.0 Å². The lowest BCUT2D eigenvalue weighted by molar-refractivity contribution is 0.0546. The van der Waals surface area contributed by atoms with Gasteiger partial charge in [-0.3, -0.25) is 14.8 Å². The van der Waals surface area contributed by atoms with Crippen LogP contribution in [0.25, 0.3) is 11.1 Å². The normalized spacial score (nSPS) is 20.0. The number of pyridine rings is 1. The highest BCUT2D eigenvalue weighted by Gasteiger charge is 2.23. The number of piperidine rings is 1. The highest BCUT2D eigenvalue weighted by molar-refractivity contribution is 6.32. The summed E-state index contributed by atoms with van der Waals surface area (Å²) in [6.07, 6.45) is 7.43. The van der Waals surface area contributed by atoms with E-state index < -0.39 is 0 Å². The standard InChI is InChI=1S/C27H30ClN3O3/c1-18(13-22(16-29-2)19-5-9-30-26(15-19)21-8-12-34-17-21)24-4-3-20(14-25(24)28)27(33)31-10-6-23(32)7-11-31/h3-5,9,13-16,21,23,32H,2,6-8,10-12,17H2,1H3/b18-13+,22-16+. The van der Waals surface area contributed by atoms with Gasteiger partial charge in [0, 0.05) is 59.9 Å². The maximum absolute atomic E-state index is 12.9. The summed E-state index contributed by atoms with van der Waals surface area (Å²) >= 11 is 6.62. The lowest BCUT2D eigenvalue weighted by Gasteiger charge is -2.29. The van der Waals surface area contributed by atoms with E-state index in [1.807, 2.05) is 37.4 Å². The predicted octanol–water partition coefficient (Wildman–Crippen LogP) is 4.98. The van der Waals surface area contributed by atoms with E-state index in [1.54, 1.807) is 17.2 Å². The Kier molecular flexibility index (Phi) is 7.93. The number of carbonyl (C=O) groups excluding carboxylic acids is 1. The number of nitrogens with zero attached hydrogens (tertiary/aromatic N) is 3. The molecule has 2 fully saturated rings. The fraction of sp³-hybridized carbons (Fsp3) is 0.370. The number of amides is 1. The van der Waals surface area contributed by atoms with Crippen LogP contribution in [0.5, 0.6) is 0 Å². The van der Waals surface area contributed by atoms with Gasteiger partial charge in [-0.2, -0.15) is 0 Å². The minimum atomic E-state index is -0.321. The van der Waals surface area contributed by atoms with Crippen LogP contribution in [0.4, 0.5) is 0 Å². The van der Waals surface area contributed by atoms with Crippen LogP contribution in [0.2, 0.25) is 5.02 Å². The van der Waals surface area contributed by atoms with Crippen LogP contribution in [0.15, 0.2) is 53.8 Å². The molecule has 1 amide bonds. The van der Waals surface area contributed by atoms with Crippen LogP contribution in [0.3, 0.4) is 0 Å². The summed E-state index contributed by atoms with van der Waals surface area (Å²) in [5.74, 6) is 0.254. The highest BCUT2D eigenvalue weighted by Crippen LogP contribution is 2.30. The Morgan fingerprint density at radius 3 is 2.71 bits per heavy atom. The van der Waals surface area contributed by atoms with E-state index >= 15 is 0 Å². The van der Waals surface area contributed by atoms with Crippen LogP contribution < -0.4 is 0 Å². The van der Waals surface area contributed by atoms with E-state index in [-0.39, 0.29) is 12.0 Å². The number of hydrogen-bond acceptors (Lipinski definition) is 5. The third-order valence-corrected chi connectivity index (χ3v) is 6.77. The minimum absolute atomic E-state index is 0.0568. The molecule has 1 atom stereocenters. The fourth-order valence-electron chi connectivity index (χ4n) is 4.44. The van der Waals surface area contributed by atoms with Gasteiger partial charge in [0.05, 0.1) is 12.7 Å². The Bertz CT molecular complexity index is 1110. The predicted molar refractivity (Wildman–Crippen MR) is 136 cm³/mol. The Labute approximate surface area is 205 Å². The molecule has 0 radical (unpaired) electrons. The molecule has 4 rings (SSSR count). The van der Waals surface area contributed by atoms with Crippen molar-refractivity contribution in [3.8, 4) is 0 Å². The van der Waals surface area contributed by atoms with Crippen molar-refractivity contribution in [2.75, 3.05) is 26.3 Å². The third kappa shape index (κ3) is 5.63. The van der Waals surface area contributed by atoms with Crippen molar-refractivity contribution in [1.29, 1.82) is 0 Å². The van der Waals surface area contributed by atoms with Gasteiger partial charge in [-0.25, -0.2) is 0 Å². The summed E-state index contributed by atoms with van der Waals surface area (Å²) in [6, 6.07) is 9.46. The molecule has 1 aromatic carbocycles. The molecule has 0 saturated carbocycles. The molecule has 1 unspecified atom stereocenters. The average molecular weight is 480 g/mol.